The van der Waals surface area contributed by atoms with E-state index in [0.717, 1.165) is 43.4 Å². The minimum Gasteiger partial charge on any atom is -0.337 e. The third-order valence-corrected chi connectivity index (χ3v) is 4.52. The van der Waals surface area contributed by atoms with E-state index in [1.54, 1.807) is 0 Å². The molecule has 1 aliphatic rings. The third kappa shape index (κ3) is 4.59. The van der Waals surface area contributed by atoms with Crippen molar-refractivity contribution in [3.05, 3.63) is 71.3 Å². The van der Waals surface area contributed by atoms with Crippen molar-refractivity contribution >= 4 is 18.3 Å². The average molecular weight is 345 g/mol. The minimum atomic E-state index is 0. The molecule has 1 amide bonds. The number of carbonyl (C=O) groups is 1. The van der Waals surface area contributed by atoms with Crippen molar-refractivity contribution < 1.29 is 4.79 Å². The fourth-order valence-electron chi connectivity index (χ4n) is 3.24. The number of likely N-dealkylation sites (tertiary alicyclic amines) is 1. The molecular formula is C20H25ClN2O. The van der Waals surface area contributed by atoms with Crippen molar-refractivity contribution in [3.8, 4) is 0 Å². The molecule has 1 saturated heterocycles. The number of hydrogen-bond acceptors (Lipinski definition) is 2. The van der Waals surface area contributed by atoms with Gasteiger partial charge in [-0.15, -0.1) is 12.4 Å². The highest BCUT2D eigenvalue weighted by molar-refractivity contribution is 5.95. The molecule has 1 fully saturated rings. The summed E-state index contributed by atoms with van der Waals surface area (Å²) in [5.41, 5.74) is 9.28. The van der Waals surface area contributed by atoms with Gasteiger partial charge < -0.3 is 10.6 Å². The number of nitrogens with two attached hydrogens (primary N) is 1. The summed E-state index contributed by atoms with van der Waals surface area (Å²) >= 11 is 0. The fraction of sp³-hybridized carbons (Fsp3) is 0.350. The molecule has 2 N–H and O–H groups in total. The van der Waals surface area contributed by atoms with Crippen LogP contribution in [-0.2, 0) is 12.8 Å². The minimum absolute atomic E-state index is 0. The first-order valence-corrected chi connectivity index (χ1v) is 8.41. The van der Waals surface area contributed by atoms with Crippen molar-refractivity contribution in [1.29, 1.82) is 0 Å². The maximum Gasteiger partial charge on any atom is 0.254 e. The van der Waals surface area contributed by atoms with Gasteiger partial charge in [0.2, 0.25) is 0 Å². The SMILES string of the molecule is Cl.NC1CCCN(C(=O)c2ccccc2CCc2ccccc2)C1. The normalized spacial score (nSPS) is 17.2. The summed E-state index contributed by atoms with van der Waals surface area (Å²) in [4.78, 5) is 14.8. The lowest BCUT2D eigenvalue weighted by Gasteiger charge is -2.31. The molecule has 4 heteroatoms. The molecule has 24 heavy (non-hydrogen) atoms. The van der Waals surface area contributed by atoms with Crippen molar-refractivity contribution in [1.82, 2.24) is 4.90 Å². The quantitative estimate of drug-likeness (QED) is 0.923. The Morgan fingerprint density at radius 3 is 2.50 bits per heavy atom. The molecule has 1 aliphatic heterocycles. The number of nitrogens with zero attached hydrogens (tertiary/aromatic N) is 1. The Labute approximate surface area is 150 Å². The molecule has 1 unspecified atom stereocenters. The van der Waals surface area contributed by atoms with Crippen LogP contribution < -0.4 is 5.73 Å². The van der Waals surface area contributed by atoms with E-state index in [-0.39, 0.29) is 24.4 Å². The van der Waals surface area contributed by atoms with Gasteiger partial charge in [-0.1, -0.05) is 48.5 Å². The van der Waals surface area contributed by atoms with Crippen LogP contribution in [0.4, 0.5) is 0 Å². The van der Waals surface area contributed by atoms with Gasteiger partial charge in [-0.25, -0.2) is 0 Å². The van der Waals surface area contributed by atoms with Gasteiger partial charge in [-0.3, -0.25) is 4.79 Å². The maximum absolute atomic E-state index is 12.8. The summed E-state index contributed by atoms with van der Waals surface area (Å²) in [5, 5.41) is 0. The zero-order valence-corrected chi connectivity index (χ0v) is 14.7. The number of benzene rings is 2. The van der Waals surface area contributed by atoms with E-state index in [1.807, 2.05) is 29.2 Å². The van der Waals surface area contributed by atoms with Gasteiger partial charge in [-0.05, 0) is 42.9 Å². The van der Waals surface area contributed by atoms with E-state index in [1.165, 1.54) is 5.56 Å². The Kier molecular flexibility index (Phi) is 6.83. The number of halogens is 1. The molecule has 0 aliphatic carbocycles. The first-order valence-electron chi connectivity index (χ1n) is 8.41. The lowest BCUT2D eigenvalue weighted by atomic mass is 9.98. The molecule has 3 rings (SSSR count). The van der Waals surface area contributed by atoms with Crippen molar-refractivity contribution in [2.75, 3.05) is 13.1 Å². The van der Waals surface area contributed by atoms with E-state index < -0.39 is 0 Å². The van der Waals surface area contributed by atoms with Crippen molar-refractivity contribution in [3.63, 3.8) is 0 Å². The molecular weight excluding hydrogens is 320 g/mol. The van der Waals surface area contributed by atoms with Crippen LogP contribution in [0.3, 0.4) is 0 Å². The van der Waals surface area contributed by atoms with E-state index in [9.17, 15) is 4.79 Å². The molecule has 0 radical (unpaired) electrons. The predicted octanol–water partition coefficient (Wildman–Crippen LogP) is 3.46. The summed E-state index contributed by atoms with van der Waals surface area (Å²) in [6.07, 6.45) is 3.84. The van der Waals surface area contributed by atoms with Crippen LogP contribution >= 0.6 is 12.4 Å². The maximum atomic E-state index is 12.8. The topological polar surface area (TPSA) is 46.3 Å². The molecule has 0 aromatic heterocycles. The highest BCUT2D eigenvalue weighted by atomic mass is 35.5. The van der Waals surface area contributed by atoms with Crippen LogP contribution in [0.5, 0.6) is 0 Å². The van der Waals surface area contributed by atoms with E-state index in [2.05, 4.69) is 30.3 Å². The lowest BCUT2D eigenvalue weighted by Crippen LogP contribution is -2.45. The summed E-state index contributed by atoms with van der Waals surface area (Å²) in [5.74, 6) is 0.129. The van der Waals surface area contributed by atoms with E-state index >= 15 is 0 Å². The molecule has 1 heterocycles. The Hall–Kier alpha value is -1.84. The van der Waals surface area contributed by atoms with Crippen LogP contribution in [0.15, 0.2) is 54.6 Å². The molecule has 0 bridgehead atoms. The summed E-state index contributed by atoms with van der Waals surface area (Å²) in [7, 11) is 0. The van der Waals surface area contributed by atoms with Crippen molar-refractivity contribution in [2.24, 2.45) is 5.73 Å². The molecule has 2 aromatic carbocycles. The smallest absolute Gasteiger partial charge is 0.254 e. The zero-order valence-electron chi connectivity index (χ0n) is 13.9. The van der Waals surface area contributed by atoms with Gasteiger partial charge in [-0.2, -0.15) is 0 Å². The Balaban J connectivity index is 0.00000208. The standard InChI is InChI=1S/C20H24N2O.ClH/c21-18-10-6-14-22(15-18)20(23)19-11-5-4-9-17(19)13-12-16-7-2-1-3-8-16;/h1-5,7-9,11,18H,6,10,12-15,21H2;1H. The van der Waals surface area contributed by atoms with Gasteiger partial charge in [0.25, 0.3) is 5.91 Å². The van der Waals surface area contributed by atoms with Crippen LogP contribution in [-0.4, -0.2) is 29.9 Å². The van der Waals surface area contributed by atoms with Crippen LogP contribution in [0, 0.1) is 0 Å². The number of piperidine rings is 1. The van der Waals surface area contributed by atoms with Gasteiger partial charge in [0.15, 0.2) is 0 Å². The summed E-state index contributed by atoms with van der Waals surface area (Å²) < 4.78 is 0. The van der Waals surface area contributed by atoms with E-state index in [4.69, 9.17) is 5.73 Å². The van der Waals surface area contributed by atoms with Gasteiger partial charge >= 0.3 is 0 Å². The van der Waals surface area contributed by atoms with Gasteiger partial charge in [0.1, 0.15) is 0 Å². The highest BCUT2D eigenvalue weighted by Gasteiger charge is 2.23. The third-order valence-electron chi connectivity index (χ3n) is 4.52. The Morgan fingerprint density at radius 2 is 1.75 bits per heavy atom. The molecule has 0 spiro atoms. The average Bonchev–Trinajstić information content (AvgIpc) is 2.60. The molecule has 0 saturated carbocycles. The molecule has 3 nitrogen and oxygen atoms in total. The number of aryl methyl sites for hydroxylation is 2. The van der Waals surface area contributed by atoms with Crippen LogP contribution in [0.1, 0.15) is 34.3 Å². The van der Waals surface area contributed by atoms with Crippen molar-refractivity contribution in [2.45, 2.75) is 31.7 Å². The first kappa shape index (κ1) is 18.5. The molecule has 1 atom stereocenters. The first-order chi connectivity index (χ1) is 11.2. The second-order valence-corrected chi connectivity index (χ2v) is 6.30. The molecule has 2 aromatic rings. The molecule has 128 valence electrons. The Morgan fingerprint density at radius 1 is 1.04 bits per heavy atom. The summed E-state index contributed by atoms with van der Waals surface area (Å²) in [6.45, 7) is 1.49. The highest BCUT2D eigenvalue weighted by Crippen LogP contribution is 2.18. The van der Waals surface area contributed by atoms with Gasteiger partial charge in [0, 0.05) is 24.7 Å². The lowest BCUT2D eigenvalue weighted by molar-refractivity contribution is 0.0707. The van der Waals surface area contributed by atoms with Gasteiger partial charge in [0.05, 0.1) is 0 Å². The van der Waals surface area contributed by atoms with Crippen LogP contribution in [0.2, 0.25) is 0 Å². The number of rotatable bonds is 4. The van der Waals surface area contributed by atoms with E-state index in [0.29, 0.717) is 6.54 Å². The van der Waals surface area contributed by atoms with Crippen LogP contribution in [0.25, 0.3) is 0 Å². The predicted molar refractivity (Wildman–Crippen MR) is 101 cm³/mol. The monoisotopic (exact) mass is 344 g/mol. The number of amides is 1. The zero-order chi connectivity index (χ0) is 16.1. The number of hydrogen-bond donors (Lipinski definition) is 1. The second kappa shape index (κ2) is 8.86. The second-order valence-electron chi connectivity index (χ2n) is 6.30. The Bertz CT molecular complexity index is 660. The largest absolute Gasteiger partial charge is 0.337 e. The number of carbonyl (C=O) groups excluding carboxylic acids is 1. The fourth-order valence-corrected chi connectivity index (χ4v) is 3.24. The summed E-state index contributed by atoms with van der Waals surface area (Å²) in [6, 6.07) is 18.5.